The summed E-state index contributed by atoms with van der Waals surface area (Å²) in [7, 11) is 0. The molecule has 0 bridgehead atoms. The van der Waals surface area contributed by atoms with Crippen LogP contribution in [-0.4, -0.2) is 20.2 Å². The lowest BCUT2D eigenvalue weighted by Gasteiger charge is -2.05. The molecule has 0 fully saturated rings. The maximum atomic E-state index is 13.3. The zero-order valence-electron chi connectivity index (χ0n) is 10.2. The largest absolute Gasteiger partial charge is 0.396 e. The fraction of sp³-hybridized carbons (Fsp3) is 0. The van der Waals surface area contributed by atoms with Gasteiger partial charge in [-0.05, 0) is 46.8 Å². The Balaban J connectivity index is 2.12. The first kappa shape index (κ1) is 12.2. The second-order valence-electron chi connectivity index (χ2n) is 4.13. The molecule has 0 atom stereocenters. The van der Waals surface area contributed by atoms with Gasteiger partial charge in [-0.25, -0.2) is 8.78 Å². The Morgan fingerprint density at radius 1 is 1.05 bits per heavy atom. The number of nitrogen functional groups attached to an aromatic ring is 1. The quantitative estimate of drug-likeness (QED) is 0.727. The fourth-order valence-corrected chi connectivity index (χ4v) is 1.83. The first-order valence-electron chi connectivity index (χ1n) is 5.75. The summed E-state index contributed by atoms with van der Waals surface area (Å²) >= 11 is 0. The van der Waals surface area contributed by atoms with Gasteiger partial charge in [0.1, 0.15) is 11.6 Å². The lowest BCUT2D eigenvalue weighted by atomic mass is 10.2. The maximum absolute atomic E-state index is 13.3. The summed E-state index contributed by atoms with van der Waals surface area (Å²) in [6.45, 7) is 0. The number of halogens is 2. The molecule has 20 heavy (non-hydrogen) atoms. The highest BCUT2D eigenvalue weighted by molar-refractivity contribution is 5.62. The average Bonchev–Trinajstić information content (AvgIpc) is 2.91. The van der Waals surface area contributed by atoms with Gasteiger partial charge in [0.15, 0.2) is 5.82 Å². The minimum Gasteiger partial charge on any atom is -0.396 e. The summed E-state index contributed by atoms with van der Waals surface area (Å²) in [4.78, 5) is 0. The third-order valence-electron chi connectivity index (χ3n) is 2.78. The van der Waals surface area contributed by atoms with E-state index in [-0.39, 0.29) is 5.69 Å². The zero-order valence-corrected chi connectivity index (χ0v) is 10.2. The van der Waals surface area contributed by atoms with Crippen molar-refractivity contribution < 1.29 is 8.78 Å². The van der Waals surface area contributed by atoms with Crippen molar-refractivity contribution in [2.75, 3.05) is 5.73 Å². The topological polar surface area (TPSA) is 69.6 Å². The van der Waals surface area contributed by atoms with E-state index in [4.69, 9.17) is 5.73 Å². The first-order valence-corrected chi connectivity index (χ1v) is 5.75. The van der Waals surface area contributed by atoms with Gasteiger partial charge < -0.3 is 5.73 Å². The van der Waals surface area contributed by atoms with Crippen molar-refractivity contribution in [1.82, 2.24) is 20.2 Å². The first-order chi connectivity index (χ1) is 9.65. The van der Waals surface area contributed by atoms with Crippen LogP contribution in [0.2, 0.25) is 0 Å². The van der Waals surface area contributed by atoms with Crippen molar-refractivity contribution >= 4 is 5.69 Å². The maximum Gasteiger partial charge on any atom is 0.187 e. The van der Waals surface area contributed by atoms with Crippen LogP contribution >= 0.6 is 0 Å². The molecule has 0 amide bonds. The predicted molar refractivity (Wildman–Crippen MR) is 68.9 cm³/mol. The summed E-state index contributed by atoms with van der Waals surface area (Å²) in [6, 6.07) is 10.0. The van der Waals surface area contributed by atoms with Gasteiger partial charge in [0.2, 0.25) is 0 Å². The van der Waals surface area contributed by atoms with Crippen molar-refractivity contribution in [2.24, 2.45) is 0 Å². The summed E-state index contributed by atoms with van der Waals surface area (Å²) in [5, 5.41) is 11.2. The number of hydrogen-bond acceptors (Lipinski definition) is 4. The molecule has 3 aromatic rings. The Labute approximate surface area is 112 Å². The molecule has 100 valence electrons. The smallest absolute Gasteiger partial charge is 0.187 e. The highest BCUT2D eigenvalue weighted by atomic mass is 19.1. The number of nitrogens with two attached hydrogens (primary N) is 1. The molecular weight excluding hydrogens is 264 g/mol. The lowest BCUT2D eigenvalue weighted by molar-refractivity contribution is 0.625. The van der Waals surface area contributed by atoms with Gasteiger partial charge in [0.25, 0.3) is 0 Å². The summed E-state index contributed by atoms with van der Waals surface area (Å²) < 4.78 is 27.8. The van der Waals surface area contributed by atoms with Crippen LogP contribution in [0.15, 0.2) is 42.5 Å². The molecule has 0 saturated heterocycles. The normalized spacial score (nSPS) is 10.7. The van der Waals surface area contributed by atoms with Crippen molar-refractivity contribution in [3.63, 3.8) is 0 Å². The molecule has 0 aliphatic carbocycles. The molecular formula is C13H9F2N5. The van der Waals surface area contributed by atoms with E-state index in [0.29, 0.717) is 17.1 Å². The van der Waals surface area contributed by atoms with E-state index in [1.165, 1.54) is 35.0 Å². The Kier molecular flexibility index (Phi) is 2.86. The third kappa shape index (κ3) is 2.09. The molecule has 1 aromatic heterocycles. The third-order valence-corrected chi connectivity index (χ3v) is 2.78. The number of hydrogen-bond donors (Lipinski definition) is 1. The van der Waals surface area contributed by atoms with Gasteiger partial charge in [-0.15, -0.1) is 5.10 Å². The number of rotatable bonds is 2. The Morgan fingerprint density at radius 2 is 1.90 bits per heavy atom. The van der Waals surface area contributed by atoms with E-state index in [2.05, 4.69) is 15.5 Å². The van der Waals surface area contributed by atoms with Crippen molar-refractivity contribution in [3.8, 4) is 17.1 Å². The minimum atomic E-state index is -0.515. The van der Waals surface area contributed by atoms with Gasteiger partial charge in [-0.1, -0.05) is 6.07 Å². The van der Waals surface area contributed by atoms with E-state index in [1.807, 2.05) is 0 Å². The van der Waals surface area contributed by atoms with E-state index in [1.54, 1.807) is 12.1 Å². The van der Waals surface area contributed by atoms with Crippen molar-refractivity contribution in [3.05, 3.63) is 54.1 Å². The second-order valence-corrected chi connectivity index (χ2v) is 4.13. The number of tetrazole rings is 1. The minimum absolute atomic E-state index is 0.00343. The van der Waals surface area contributed by atoms with Gasteiger partial charge in [0, 0.05) is 5.56 Å². The molecule has 0 spiro atoms. The molecule has 0 saturated carbocycles. The standard InChI is InChI=1S/C13H9F2N5/c14-9-2-1-3-10(7-9)20-13(17-18-19-20)8-4-5-11(15)12(16)6-8/h1-7H,16H2. The summed E-state index contributed by atoms with van der Waals surface area (Å²) in [5.74, 6) is -0.566. The fourth-order valence-electron chi connectivity index (χ4n) is 1.83. The molecule has 2 aromatic carbocycles. The van der Waals surface area contributed by atoms with Crippen LogP contribution in [0.25, 0.3) is 17.1 Å². The SMILES string of the molecule is Nc1cc(-c2nnnn2-c2cccc(F)c2)ccc1F. The summed E-state index contributed by atoms with van der Waals surface area (Å²) in [6.07, 6.45) is 0. The molecule has 0 aliphatic rings. The summed E-state index contributed by atoms with van der Waals surface area (Å²) in [5.41, 5.74) is 6.53. The number of nitrogens with zero attached hydrogens (tertiary/aromatic N) is 4. The average molecular weight is 273 g/mol. The Morgan fingerprint density at radius 3 is 2.65 bits per heavy atom. The van der Waals surface area contributed by atoms with E-state index < -0.39 is 11.6 Å². The number of anilines is 1. The highest BCUT2D eigenvalue weighted by Crippen LogP contribution is 2.23. The predicted octanol–water partition coefficient (Wildman–Crippen LogP) is 2.19. The van der Waals surface area contributed by atoms with E-state index in [0.717, 1.165) is 0 Å². The van der Waals surface area contributed by atoms with Crippen molar-refractivity contribution in [2.45, 2.75) is 0 Å². The van der Waals surface area contributed by atoms with E-state index in [9.17, 15) is 8.78 Å². The number of aromatic nitrogens is 4. The molecule has 0 unspecified atom stereocenters. The molecule has 3 rings (SSSR count). The van der Waals surface area contributed by atoms with E-state index >= 15 is 0 Å². The Bertz CT molecular complexity index is 769. The molecule has 0 aliphatic heterocycles. The van der Waals surface area contributed by atoms with Crippen LogP contribution in [0.1, 0.15) is 0 Å². The molecule has 5 nitrogen and oxygen atoms in total. The monoisotopic (exact) mass is 273 g/mol. The number of benzene rings is 2. The molecule has 0 radical (unpaired) electrons. The molecule has 2 N–H and O–H groups in total. The van der Waals surface area contributed by atoms with Crippen LogP contribution in [0.5, 0.6) is 0 Å². The lowest BCUT2D eigenvalue weighted by Crippen LogP contribution is -2.01. The van der Waals surface area contributed by atoms with Gasteiger partial charge in [-0.2, -0.15) is 4.68 Å². The van der Waals surface area contributed by atoms with Crippen LogP contribution in [0.3, 0.4) is 0 Å². The molecule has 7 heteroatoms. The van der Waals surface area contributed by atoms with Crippen molar-refractivity contribution in [1.29, 1.82) is 0 Å². The molecule has 1 heterocycles. The van der Waals surface area contributed by atoms with Gasteiger partial charge in [-0.3, -0.25) is 0 Å². The van der Waals surface area contributed by atoms with Gasteiger partial charge >= 0.3 is 0 Å². The Hall–Kier alpha value is -2.83. The van der Waals surface area contributed by atoms with Crippen LogP contribution in [-0.2, 0) is 0 Å². The van der Waals surface area contributed by atoms with Crippen LogP contribution < -0.4 is 5.73 Å². The van der Waals surface area contributed by atoms with Crippen LogP contribution in [0, 0.1) is 11.6 Å². The zero-order chi connectivity index (χ0) is 14.1. The van der Waals surface area contributed by atoms with Crippen LogP contribution in [0.4, 0.5) is 14.5 Å². The van der Waals surface area contributed by atoms with Gasteiger partial charge in [0.05, 0.1) is 11.4 Å². The second kappa shape index (κ2) is 4.69. The highest BCUT2D eigenvalue weighted by Gasteiger charge is 2.12.